The number of hydrogen-bond donors (Lipinski definition) is 1. The predicted molar refractivity (Wildman–Crippen MR) is 105 cm³/mol. The minimum absolute atomic E-state index is 0.361. The standard InChI is InChI=1S/C19H18N2O3S2/c1-12-6-7-25-16(12)4-5-18(23)24-10-17(22)21-19-13(2)8-15(26-11-20)9-14(19)3/h4-9H,10H2,1-3H3,(H,21,22)/b5-4+. The molecule has 0 atom stereocenters. The van der Waals surface area contributed by atoms with Gasteiger partial charge in [-0.2, -0.15) is 5.26 Å². The smallest absolute Gasteiger partial charge is 0.331 e. The Labute approximate surface area is 160 Å². The van der Waals surface area contributed by atoms with Gasteiger partial charge in [0.05, 0.1) is 0 Å². The SMILES string of the molecule is Cc1ccsc1/C=C/C(=O)OCC(=O)Nc1c(C)cc(SC#N)cc1C. The van der Waals surface area contributed by atoms with E-state index in [1.54, 1.807) is 6.08 Å². The first-order valence-corrected chi connectivity index (χ1v) is 9.46. The summed E-state index contributed by atoms with van der Waals surface area (Å²) in [7, 11) is 0. The predicted octanol–water partition coefficient (Wildman–Crippen LogP) is 4.44. The fourth-order valence-corrected chi connectivity index (χ4v) is 3.69. The van der Waals surface area contributed by atoms with Crippen LogP contribution in [0, 0.1) is 31.4 Å². The zero-order valence-corrected chi connectivity index (χ0v) is 16.3. The Kier molecular flexibility index (Phi) is 7.01. The number of hydrogen-bond acceptors (Lipinski definition) is 6. The number of amides is 1. The van der Waals surface area contributed by atoms with Gasteiger partial charge in [-0.05, 0) is 78.9 Å². The second kappa shape index (κ2) is 9.22. The molecule has 0 spiro atoms. The number of nitriles is 1. The van der Waals surface area contributed by atoms with E-state index < -0.39 is 11.9 Å². The number of thioether (sulfide) groups is 1. The normalized spacial score (nSPS) is 10.5. The molecule has 0 aliphatic heterocycles. The van der Waals surface area contributed by atoms with Crippen molar-refractivity contribution in [2.45, 2.75) is 25.7 Å². The third-order valence-electron chi connectivity index (χ3n) is 3.55. The quantitative estimate of drug-likeness (QED) is 0.344. The molecule has 1 aromatic carbocycles. The lowest BCUT2D eigenvalue weighted by Crippen LogP contribution is -2.21. The van der Waals surface area contributed by atoms with E-state index in [4.69, 9.17) is 10.00 Å². The van der Waals surface area contributed by atoms with Gasteiger partial charge in [0.1, 0.15) is 5.40 Å². The lowest BCUT2D eigenvalue weighted by atomic mass is 10.1. The van der Waals surface area contributed by atoms with Gasteiger partial charge in [0, 0.05) is 21.5 Å². The van der Waals surface area contributed by atoms with Crippen molar-refractivity contribution in [3.8, 4) is 5.40 Å². The number of carbonyl (C=O) groups excluding carboxylic acids is 2. The number of benzene rings is 1. The molecule has 26 heavy (non-hydrogen) atoms. The van der Waals surface area contributed by atoms with E-state index in [-0.39, 0.29) is 6.61 Å². The molecule has 0 aliphatic carbocycles. The second-order valence-electron chi connectivity index (χ2n) is 5.58. The van der Waals surface area contributed by atoms with Gasteiger partial charge in [-0.1, -0.05) is 0 Å². The van der Waals surface area contributed by atoms with Gasteiger partial charge in [-0.3, -0.25) is 4.79 Å². The van der Waals surface area contributed by atoms with Gasteiger partial charge in [0.15, 0.2) is 6.61 Å². The summed E-state index contributed by atoms with van der Waals surface area (Å²) in [4.78, 5) is 25.6. The molecule has 0 radical (unpaired) electrons. The van der Waals surface area contributed by atoms with Crippen LogP contribution >= 0.6 is 23.1 Å². The van der Waals surface area contributed by atoms with Crippen LogP contribution < -0.4 is 5.32 Å². The Morgan fingerprint density at radius 3 is 2.54 bits per heavy atom. The fraction of sp³-hybridized carbons (Fsp3) is 0.211. The molecule has 2 rings (SSSR count). The van der Waals surface area contributed by atoms with Gasteiger partial charge in [0.2, 0.25) is 0 Å². The molecule has 1 amide bonds. The number of thiophene rings is 1. The fourth-order valence-electron chi connectivity index (χ4n) is 2.29. The molecular weight excluding hydrogens is 368 g/mol. The van der Waals surface area contributed by atoms with Crippen molar-refractivity contribution in [1.82, 2.24) is 0 Å². The van der Waals surface area contributed by atoms with Crippen molar-refractivity contribution in [2.24, 2.45) is 0 Å². The van der Waals surface area contributed by atoms with Crippen LogP contribution in [0.4, 0.5) is 5.69 Å². The van der Waals surface area contributed by atoms with Crippen LogP contribution in [0.3, 0.4) is 0 Å². The van der Waals surface area contributed by atoms with Crippen LogP contribution in [0.25, 0.3) is 6.08 Å². The number of anilines is 1. The summed E-state index contributed by atoms with van der Waals surface area (Å²) in [5.74, 6) is -0.979. The van der Waals surface area contributed by atoms with E-state index in [1.165, 1.54) is 17.4 Å². The lowest BCUT2D eigenvalue weighted by molar-refractivity contribution is -0.142. The van der Waals surface area contributed by atoms with Crippen molar-refractivity contribution >= 4 is 46.7 Å². The minimum atomic E-state index is -0.567. The van der Waals surface area contributed by atoms with Crippen LogP contribution in [0.15, 0.2) is 34.6 Å². The summed E-state index contributed by atoms with van der Waals surface area (Å²) >= 11 is 2.60. The summed E-state index contributed by atoms with van der Waals surface area (Å²) in [6, 6.07) is 5.62. The van der Waals surface area contributed by atoms with E-state index in [0.29, 0.717) is 5.69 Å². The maximum absolute atomic E-state index is 12.1. The molecule has 0 saturated carbocycles. The molecule has 1 heterocycles. The summed E-state index contributed by atoms with van der Waals surface area (Å²) in [5.41, 5.74) is 3.44. The third kappa shape index (κ3) is 5.48. The zero-order valence-electron chi connectivity index (χ0n) is 14.7. The number of nitrogens with one attached hydrogen (secondary N) is 1. The molecule has 0 saturated heterocycles. The number of carbonyl (C=O) groups is 2. The van der Waals surface area contributed by atoms with Crippen LogP contribution in [0.1, 0.15) is 21.6 Å². The minimum Gasteiger partial charge on any atom is -0.452 e. The maximum Gasteiger partial charge on any atom is 0.331 e. The molecule has 0 bridgehead atoms. The largest absolute Gasteiger partial charge is 0.452 e. The molecule has 1 aromatic heterocycles. The Morgan fingerprint density at radius 1 is 1.27 bits per heavy atom. The summed E-state index contributed by atoms with van der Waals surface area (Å²) < 4.78 is 4.98. The van der Waals surface area contributed by atoms with Crippen molar-refractivity contribution in [1.29, 1.82) is 5.26 Å². The Bertz CT molecular complexity index is 871. The van der Waals surface area contributed by atoms with Crippen molar-refractivity contribution in [3.05, 3.63) is 51.2 Å². The summed E-state index contributed by atoms with van der Waals surface area (Å²) in [5, 5.41) is 15.5. The number of thiocyanates is 1. The monoisotopic (exact) mass is 386 g/mol. The zero-order chi connectivity index (χ0) is 19.1. The average molecular weight is 386 g/mol. The second-order valence-corrected chi connectivity index (χ2v) is 7.39. The van der Waals surface area contributed by atoms with Gasteiger partial charge >= 0.3 is 5.97 Å². The number of aryl methyl sites for hydroxylation is 3. The number of nitrogens with zero attached hydrogens (tertiary/aromatic N) is 1. The highest BCUT2D eigenvalue weighted by Crippen LogP contribution is 2.27. The van der Waals surface area contributed by atoms with E-state index in [1.807, 2.05) is 49.8 Å². The molecule has 134 valence electrons. The first-order valence-electron chi connectivity index (χ1n) is 7.76. The first-order chi connectivity index (χ1) is 12.4. The van der Waals surface area contributed by atoms with Gasteiger partial charge in [-0.25, -0.2) is 4.79 Å². The molecule has 1 N–H and O–H groups in total. The summed E-state index contributed by atoms with van der Waals surface area (Å²) in [6.07, 6.45) is 3.00. The van der Waals surface area contributed by atoms with E-state index >= 15 is 0 Å². The lowest BCUT2D eigenvalue weighted by Gasteiger charge is -2.12. The maximum atomic E-state index is 12.1. The molecule has 0 unspecified atom stereocenters. The van der Waals surface area contributed by atoms with E-state index in [9.17, 15) is 9.59 Å². The molecule has 0 aliphatic rings. The highest BCUT2D eigenvalue weighted by atomic mass is 32.2. The van der Waals surface area contributed by atoms with E-state index in [2.05, 4.69) is 5.32 Å². The van der Waals surface area contributed by atoms with Crippen molar-refractivity contribution < 1.29 is 14.3 Å². The van der Waals surface area contributed by atoms with E-state index in [0.717, 1.165) is 38.2 Å². The van der Waals surface area contributed by atoms with Gasteiger partial charge in [0.25, 0.3) is 5.91 Å². The topological polar surface area (TPSA) is 79.2 Å². The molecule has 2 aromatic rings. The van der Waals surface area contributed by atoms with Crippen LogP contribution in [0.5, 0.6) is 0 Å². The number of esters is 1. The third-order valence-corrected chi connectivity index (χ3v) is 5.10. The highest BCUT2D eigenvalue weighted by molar-refractivity contribution is 8.03. The molecular formula is C19H18N2O3S2. The van der Waals surface area contributed by atoms with Gasteiger partial charge < -0.3 is 10.1 Å². The van der Waals surface area contributed by atoms with Crippen molar-refractivity contribution in [3.63, 3.8) is 0 Å². The van der Waals surface area contributed by atoms with Crippen LogP contribution in [0.2, 0.25) is 0 Å². The Hall–Kier alpha value is -2.56. The Balaban J connectivity index is 1.91. The van der Waals surface area contributed by atoms with Crippen molar-refractivity contribution in [2.75, 3.05) is 11.9 Å². The Morgan fingerprint density at radius 2 is 1.96 bits per heavy atom. The van der Waals surface area contributed by atoms with Gasteiger partial charge in [-0.15, -0.1) is 11.3 Å². The summed E-state index contributed by atoms with van der Waals surface area (Å²) in [6.45, 7) is 5.30. The van der Waals surface area contributed by atoms with Crippen LogP contribution in [-0.2, 0) is 14.3 Å². The number of rotatable bonds is 6. The first kappa shape index (κ1) is 19.8. The van der Waals surface area contributed by atoms with Crippen LogP contribution in [-0.4, -0.2) is 18.5 Å². The number of ether oxygens (including phenoxy) is 1. The molecule has 0 fully saturated rings. The highest BCUT2D eigenvalue weighted by Gasteiger charge is 2.11. The molecule has 5 nitrogen and oxygen atoms in total. The molecule has 7 heteroatoms. The average Bonchev–Trinajstić information content (AvgIpc) is 3.00.